The Balaban J connectivity index is 1.27. The number of ether oxygens (including phenoxy) is 2. The molecule has 33 heavy (non-hydrogen) atoms. The van der Waals surface area contributed by atoms with Gasteiger partial charge in [-0.25, -0.2) is 4.98 Å². The number of thiazole rings is 1. The highest BCUT2D eigenvalue weighted by Gasteiger charge is 2.20. The highest BCUT2D eigenvalue weighted by Crippen LogP contribution is 2.34. The topological polar surface area (TPSA) is 93.0 Å². The fourth-order valence-corrected chi connectivity index (χ4v) is 4.54. The number of hydrogen-bond donors (Lipinski definition) is 1. The maximum Gasteiger partial charge on any atom is 0.239 e. The van der Waals surface area contributed by atoms with Crippen molar-refractivity contribution in [2.45, 2.75) is 20.4 Å². The van der Waals surface area contributed by atoms with Crippen LogP contribution in [0.25, 0.3) is 10.6 Å². The summed E-state index contributed by atoms with van der Waals surface area (Å²) in [5, 5.41) is 9.65. The minimum absolute atomic E-state index is 0.0772. The molecule has 0 radical (unpaired) electrons. The van der Waals surface area contributed by atoms with E-state index in [1.807, 2.05) is 25.1 Å². The average molecular weight is 472 g/mol. The van der Waals surface area contributed by atoms with E-state index in [1.54, 1.807) is 31.4 Å². The molecule has 1 saturated heterocycles. The van der Waals surface area contributed by atoms with Crippen LogP contribution in [0.3, 0.4) is 0 Å². The van der Waals surface area contributed by atoms with Crippen LogP contribution < -0.4 is 14.8 Å². The van der Waals surface area contributed by atoms with Crippen molar-refractivity contribution in [3.63, 3.8) is 0 Å². The van der Waals surface area contributed by atoms with Gasteiger partial charge in [0.05, 0.1) is 26.0 Å². The van der Waals surface area contributed by atoms with E-state index < -0.39 is 0 Å². The zero-order chi connectivity index (χ0) is 23.2. The summed E-state index contributed by atoms with van der Waals surface area (Å²) in [5.41, 5.74) is 2.07. The van der Waals surface area contributed by atoms with Gasteiger partial charge in [-0.1, -0.05) is 5.16 Å². The number of aryl methyl sites for hydroxylation is 1. The van der Waals surface area contributed by atoms with Gasteiger partial charge >= 0.3 is 0 Å². The molecule has 176 valence electrons. The molecule has 0 atom stereocenters. The Morgan fingerprint density at radius 2 is 1.97 bits per heavy atom. The highest BCUT2D eigenvalue weighted by molar-refractivity contribution is 7.13. The van der Waals surface area contributed by atoms with E-state index in [4.69, 9.17) is 19.0 Å². The zero-order valence-corrected chi connectivity index (χ0v) is 20.0. The van der Waals surface area contributed by atoms with E-state index in [2.05, 4.69) is 25.7 Å². The number of nitrogens with one attached hydrogen (secondary N) is 1. The maximum absolute atomic E-state index is 12.2. The van der Waals surface area contributed by atoms with Crippen LogP contribution in [0.2, 0.25) is 0 Å². The SMILES string of the molecule is CCOc1ccc(-c2nc(CN3CCN(CC(=O)Nc4cc(C)on4)CC3)cs2)cc1OC. The number of anilines is 1. The quantitative estimate of drug-likeness (QED) is 0.508. The lowest BCUT2D eigenvalue weighted by Crippen LogP contribution is -2.48. The standard InChI is InChI=1S/C23H29N5O4S/c1-4-31-19-6-5-17(12-20(19)30-3)23-24-18(15-33-23)13-27-7-9-28(10-8-27)14-22(29)25-21-11-16(2)32-26-21/h5-6,11-12,15H,4,7-10,13-14H2,1-3H3,(H,25,26,29). The molecule has 1 N–H and O–H groups in total. The largest absolute Gasteiger partial charge is 0.493 e. The Labute approximate surface area is 197 Å². The third kappa shape index (κ3) is 6.10. The molecule has 4 rings (SSSR count). The molecule has 0 unspecified atom stereocenters. The number of carbonyl (C=O) groups excluding carboxylic acids is 1. The Morgan fingerprint density at radius 1 is 1.18 bits per heavy atom. The Bertz CT molecular complexity index is 1070. The lowest BCUT2D eigenvalue weighted by Gasteiger charge is -2.33. The predicted octanol–water partition coefficient (Wildman–Crippen LogP) is 3.27. The predicted molar refractivity (Wildman–Crippen MR) is 127 cm³/mol. The monoisotopic (exact) mass is 471 g/mol. The molecule has 0 aliphatic carbocycles. The molecule has 1 amide bonds. The molecular formula is C23H29N5O4S. The first-order valence-corrected chi connectivity index (χ1v) is 11.9. The summed E-state index contributed by atoms with van der Waals surface area (Å²) in [4.78, 5) is 21.6. The second kappa shape index (κ2) is 10.8. The van der Waals surface area contributed by atoms with Crippen molar-refractivity contribution in [1.29, 1.82) is 0 Å². The first kappa shape index (κ1) is 23.2. The van der Waals surface area contributed by atoms with E-state index in [0.717, 1.165) is 54.7 Å². The van der Waals surface area contributed by atoms with Crippen molar-refractivity contribution in [3.8, 4) is 22.1 Å². The van der Waals surface area contributed by atoms with E-state index in [1.165, 1.54) is 0 Å². The van der Waals surface area contributed by atoms with E-state index in [0.29, 0.717) is 30.5 Å². The normalized spacial score (nSPS) is 14.9. The van der Waals surface area contributed by atoms with Gasteiger partial charge in [0.2, 0.25) is 5.91 Å². The van der Waals surface area contributed by atoms with Crippen LogP contribution in [0.1, 0.15) is 18.4 Å². The smallest absolute Gasteiger partial charge is 0.239 e. The molecule has 3 heterocycles. The van der Waals surface area contributed by atoms with Gasteiger partial charge in [0.1, 0.15) is 10.8 Å². The highest BCUT2D eigenvalue weighted by atomic mass is 32.1. The fourth-order valence-electron chi connectivity index (χ4n) is 3.73. The minimum Gasteiger partial charge on any atom is -0.493 e. The summed E-state index contributed by atoms with van der Waals surface area (Å²) < 4.78 is 16.0. The number of nitrogens with zero attached hydrogens (tertiary/aromatic N) is 4. The van der Waals surface area contributed by atoms with Gasteiger partial charge in [0, 0.05) is 49.7 Å². The van der Waals surface area contributed by atoms with Crippen LogP contribution in [-0.4, -0.2) is 72.3 Å². The lowest BCUT2D eigenvalue weighted by atomic mass is 10.2. The molecule has 2 aromatic heterocycles. The van der Waals surface area contributed by atoms with Crippen LogP contribution in [0, 0.1) is 6.92 Å². The molecule has 1 aliphatic rings. The third-order valence-corrected chi connectivity index (χ3v) is 6.32. The molecule has 3 aromatic rings. The molecule has 0 spiro atoms. The van der Waals surface area contributed by atoms with E-state index >= 15 is 0 Å². The molecule has 10 heteroatoms. The summed E-state index contributed by atoms with van der Waals surface area (Å²) in [7, 11) is 1.65. The van der Waals surface area contributed by atoms with Gasteiger partial charge in [-0.05, 0) is 32.0 Å². The Kier molecular flexibility index (Phi) is 7.58. The molecule has 1 aromatic carbocycles. The van der Waals surface area contributed by atoms with Gasteiger partial charge in [-0.2, -0.15) is 0 Å². The van der Waals surface area contributed by atoms with Crippen LogP contribution in [0.15, 0.2) is 34.2 Å². The van der Waals surface area contributed by atoms with Gasteiger partial charge < -0.3 is 19.3 Å². The summed E-state index contributed by atoms with van der Waals surface area (Å²) in [6.07, 6.45) is 0. The molecule has 9 nitrogen and oxygen atoms in total. The van der Waals surface area contributed by atoms with Gasteiger partial charge in [-0.15, -0.1) is 11.3 Å². The van der Waals surface area contributed by atoms with Crippen LogP contribution in [0.5, 0.6) is 11.5 Å². The number of aromatic nitrogens is 2. The molecule has 1 fully saturated rings. The van der Waals surface area contributed by atoms with Gasteiger partial charge in [0.15, 0.2) is 17.3 Å². The number of rotatable bonds is 9. The average Bonchev–Trinajstić information content (AvgIpc) is 3.44. The summed E-state index contributed by atoms with van der Waals surface area (Å²) >= 11 is 1.63. The van der Waals surface area contributed by atoms with Crippen LogP contribution in [-0.2, 0) is 11.3 Å². The van der Waals surface area contributed by atoms with Crippen LogP contribution in [0.4, 0.5) is 5.82 Å². The number of carbonyl (C=O) groups is 1. The first-order valence-electron chi connectivity index (χ1n) is 11.0. The summed E-state index contributed by atoms with van der Waals surface area (Å²) in [6, 6.07) is 7.62. The van der Waals surface area contributed by atoms with Crippen molar-refractivity contribution in [2.75, 3.05) is 51.8 Å². The zero-order valence-electron chi connectivity index (χ0n) is 19.2. The first-order chi connectivity index (χ1) is 16.0. The number of hydrogen-bond acceptors (Lipinski definition) is 9. The summed E-state index contributed by atoms with van der Waals surface area (Å²) in [5.74, 6) is 2.51. The molecule has 0 bridgehead atoms. The number of benzene rings is 1. The van der Waals surface area contributed by atoms with Crippen molar-refractivity contribution in [1.82, 2.24) is 19.9 Å². The summed E-state index contributed by atoms with van der Waals surface area (Å²) in [6.45, 7) is 8.92. The number of amides is 1. The lowest BCUT2D eigenvalue weighted by molar-refractivity contribution is -0.117. The molecule has 0 saturated carbocycles. The number of piperazine rings is 1. The van der Waals surface area contributed by atoms with E-state index in [9.17, 15) is 4.79 Å². The van der Waals surface area contributed by atoms with Crippen LogP contribution >= 0.6 is 11.3 Å². The second-order valence-electron chi connectivity index (χ2n) is 7.87. The second-order valence-corrected chi connectivity index (χ2v) is 8.72. The Morgan fingerprint density at radius 3 is 2.67 bits per heavy atom. The molecule has 1 aliphatic heterocycles. The van der Waals surface area contributed by atoms with Crippen molar-refractivity contribution in [2.24, 2.45) is 0 Å². The Hall–Kier alpha value is -2.95. The number of methoxy groups -OCH3 is 1. The minimum atomic E-state index is -0.0772. The van der Waals surface area contributed by atoms with Crippen molar-refractivity contribution in [3.05, 3.63) is 41.1 Å². The molecular weight excluding hydrogens is 442 g/mol. The maximum atomic E-state index is 12.2. The van der Waals surface area contributed by atoms with Crippen molar-refractivity contribution >= 4 is 23.1 Å². The third-order valence-electron chi connectivity index (χ3n) is 5.38. The fraction of sp³-hybridized carbons (Fsp3) is 0.435. The van der Waals surface area contributed by atoms with E-state index in [-0.39, 0.29) is 5.91 Å². The van der Waals surface area contributed by atoms with Gasteiger partial charge in [-0.3, -0.25) is 14.6 Å². The van der Waals surface area contributed by atoms with Gasteiger partial charge in [0.25, 0.3) is 0 Å². The van der Waals surface area contributed by atoms with Crippen molar-refractivity contribution < 1.29 is 18.8 Å².